The number of tetrazole rings is 1. The van der Waals surface area contributed by atoms with E-state index in [0.717, 1.165) is 26.8 Å². The lowest BCUT2D eigenvalue weighted by atomic mass is 10.1. The molecule has 8 heteroatoms. The van der Waals surface area contributed by atoms with Gasteiger partial charge in [-0.1, -0.05) is 48.5 Å². The molecule has 29 heavy (non-hydrogen) atoms. The maximum absolute atomic E-state index is 13.4. The van der Waals surface area contributed by atoms with E-state index in [1.807, 2.05) is 58.8 Å². The molecule has 0 bridgehead atoms. The van der Waals surface area contributed by atoms with Crippen LogP contribution >= 0.6 is 23.1 Å². The zero-order valence-corrected chi connectivity index (χ0v) is 17.0. The summed E-state index contributed by atoms with van der Waals surface area (Å²) in [6.45, 7) is 0.0424. The number of amides is 1. The quantitative estimate of drug-likeness (QED) is 0.494. The van der Waals surface area contributed by atoms with Crippen molar-refractivity contribution in [3.8, 4) is 10.7 Å². The van der Waals surface area contributed by atoms with Crippen molar-refractivity contribution in [3.05, 3.63) is 77.7 Å². The predicted octanol–water partition coefficient (Wildman–Crippen LogP) is 4.28. The highest BCUT2D eigenvalue weighted by atomic mass is 32.2. The molecule has 1 unspecified atom stereocenters. The Morgan fingerprint density at radius 2 is 1.86 bits per heavy atom. The molecule has 2 aromatic carbocycles. The zero-order valence-electron chi connectivity index (χ0n) is 15.4. The number of hydrogen-bond donors (Lipinski definition) is 0. The van der Waals surface area contributed by atoms with Gasteiger partial charge in [0.15, 0.2) is 0 Å². The second-order valence-corrected chi connectivity index (χ2v) is 8.60. The Bertz CT molecular complexity index is 1130. The average Bonchev–Trinajstić information content (AvgIpc) is 3.45. The summed E-state index contributed by atoms with van der Waals surface area (Å²) in [5.74, 6) is 1.29. The summed E-state index contributed by atoms with van der Waals surface area (Å²) < 4.78 is 0. The van der Waals surface area contributed by atoms with Crippen LogP contribution in [0.5, 0.6) is 0 Å². The first-order chi connectivity index (χ1) is 14.3. The van der Waals surface area contributed by atoms with Crippen LogP contribution in [0.4, 0.5) is 5.69 Å². The molecule has 0 spiro atoms. The number of nitrogens with zero attached hydrogens (tertiary/aromatic N) is 5. The van der Waals surface area contributed by atoms with Gasteiger partial charge in [0.05, 0.1) is 16.6 Å². The molecule has 0 saturated heterocycles. The molecule has 1 aliphatic heterocycles. The summed E-state index contributed by atoms with van der Waals surface area (Å²) in [6.07, 6.45) is 0. The Morgan fingerprint density at radius 3 is 2.69 bits per heavy atom. The Labute approximate surface area is 176 Å². The number of para-hydroxylation sites is 1. The van der Waals surface area contributed by atoms with Crippen LogP contribution in [-0.2, 0) is 11.3 Å². The fourth-order valence-electron chi connectivity index (χ4n) is 3.43. The van der Waals surface area contributed by atoms with Crippen molar-refractivity contribution >= 4 is 34.7 Å². The minimum Gasteiger partial charge on any atom is -0.301 e. The summed E-state index contributed by atoms with van der Waals surface area (Å²) in [5, 5.41) is 14.5. The summed E-state index contributed by atoms with van der Waals surface area (Å²) in [6, 6.07) is 22.0. The first kappa shape index (κ1) is 18.1. The van der Waals surface area contributed by atoms with Crippen LogP contribution in [0.2, 0.25) is 0 Å². The molecular formula is C21H17N5OS2. The molecule has 6 nitrogen and oxygen atoms in total. The standard InChI is InChI=1S/C21H17N5OS2/c27-20(13-25-23-21(22-24-25)19-11-6-12-28-19)26-16-9-4-5-10-18(16)29-14-17(26)15-7-2-1-3-8-15/h1-12,17H,13-14H2. The highest BCUT2D eigenvalue weighted by Gasteiger charge is 2.32. The van der Waals surface area contributed by atoms with E-state index in [4.69, 9.17) is 0 Å². The number of hydrogen-bond acceptors (Lipinski definition) is 6. The Balaban J connectivity index is 1.46. The van der Waals surface area contributed by atoms with Crippen molar-refractivity contribution in [2.75, 3.05) is 10.7 Å². The summed E-state index contributed by atoms with van der Waals surface area (Å²) in [5.41, 5.74) is 2.05. The Hall–Kier alpha value is -2.97. The molecule has 3 heterocycles. The minimum absolute atomic E-state index is 0.0381. The fraction of sp³-hybridized carbons (Fsp3) is 0.143. The monoisotopic (exact) mass is 419 g/mol. The van der Waals surface area contributed by atoms with Crippen molar-refractivity contribution < 1.29 is 4.79 Å². The molecule has 0 radical (unpaired) electrons. The maximum Gasteiger partial charge on any atom is 0.251 e. The lowest BCUT2D eigenvalue weighted by molar-refractivity contribution is -0.120. The van der Waals surface area contributed by atoms with Gasteiger partial charge in [0.1, 0.15) is 6.54 Å². The molecule has 4 aromatic rings. The number of thiophene rings is 1. The van der Waals surface area contributed by atoms with Gasteiger partial charge in [0.25, 0.3) is 5.91 Å². The minimum atomic E-state index is -0.0540. The van der Waals surface area contributed by atoms with E-state index in [9.17, 15) is 4.79 Å². The van der Waals surface area contributed by atoms with Crippen LogP contribution in [0.1, 0.15) is 11.6 Å². The van der Waals surface area contributed by atoms with Crippen LogP contribution in [0, 0.1) is 0 Å². The number of aromatic nitrogens is 4. The van der Waals surface area contributed by atoms with E-state index >= 15 is 0 Å². The van der Waals surface area contributed by atoms with Crippen molar-refractivity contribution in [3.63, 3.8) is 0 Å². The Morgan fingerprint density at radius 1 is 1.03 bits per heavy atom. The topological polar surface area (TPSA) is 63.9 Å². The SMILES string of the molecule is O=C(Cn1nnc(-c2cccs2)n1)N1c2ccccc2SCC1c1ccccc1. The zero-order chi connectivity index (χ0) is 19.6. The second kappa shape index (κ2) is 7.81. The molecule has 0 saturated carbocycles. The van der Waals surface area contributed by atoms with Crippen molar-refractivity contribution in [2.45, 2.75) is 17.5 Å². The second-order valence-electron chi connectivity index (χ2n) is 6.59. The average molecular weight is 420 g/mol. The largest absolute Gasteiger partial charge is 0.301 e. The lowest BCUT2D eigenvalue weighted by Crippen LogP contribution is -2.40. The molecular weight excluding hydrogens is 402 g/mol. The highest BCUT2D eigenvalue weighted by molar-refractivity contribution is 7.99. The van der Waals surface area contributed by atoms with Gasteiger partial charge >= 0.3 is 0 Å². The first-order valence-corrected chi connectivity index (χ1v) is 11.1. The van der Waals surface area contributed by atoms with Crippen molar-refractivity contribution in [1.29, 1.82) is 0 Å². The number of rotatable bonds is 4. The Kier molecular flexibility index (Phi) is 4.87. The van der Waals surface area contributed by atoms with Gasteiger partial charge in [0, 0.05) is 10.6 Å². The van der Waals surface area contributed by atoms with Gasteiger partial charge in [-0.2, -0.15) is 4.80 Å². The smallest absolute Gasteiger partial charge is 0.251 e. The van der Waals surface area contributed by atoms with E-state index in [-0.39, 0.29) is 18.5 Å². The predicted molar refractivity (Wildman–Crippen MR) is 115 cm³/mol. The van der Waals surface area contributed by atoms with Gasteiger partial charge < -0.3 is 4.90 Å². The van der Waals surface area contributed by atoms with E-state index in [1.165, 1.54) is 4.80 Å². The third kappa shape index (κ3) is 3.56. The molecule has 5 rings (SSSR count). The maximum atomic E-state index is 13.4. The number of carbonyl (C=O) groups excluding carboxylic acids is 1. The molecule has 0 fully saturated rings. The number of carbonyl (C=O) groups is 1. The van der Waals surface area contributed by atoms with Crippen LogP contribution < -0.4 is 4.90 Å². The summed E-state index contributed by atoms with van der Waals surface area (Å²) >= 11 is 3.33. The van der Waals surface area contributed by atoms with Crippen LogP contribution in [0.15, 0.2) is 77.0 Å². The molecule has 2 aromatic heterocycles. The lowest BCUT2D eigenvalue weighted by Gasteiger charge is -2.37. The van der Waals surface area contributed by atoms with Crippen LogP contribution in [0.25, 0.3) is 10.7 Å². The van der Waals surface area contributed by atoms with Gasteiger partial charge in [-0.25, -0.2) is 0 Å². The molecule has 1 atom stereocenters. The summed E-state index contributed by atoms with van der Waals surface area (Å²) in [4.78, 5) is 18.7. The number of anilines is 1. The third-order valence-corrected chi connectivity index (χ3v) is 6.76. The molecule has 0 N–H and O–H groups in total. The van der Waals surface area contributed by atoms with Crippen LogP contribution in [-0.4, -0.2) is 31.9 Å². The van der Waals surface area contributed by atoms with Gasteiger partial charge in [-0.05, 0) is 34.4 Å². The van der Waals surface area contributed by atoms with Crippen molar-refractivity contribution in [2.24, 2.45) is 0 Å². The number of benzene rings is 2. The van der Waals surface area contributed by atoms with Crippen molar-refractivity contribution in [1.82, 2.24) is 20.2 Å². The van der Waals surface area contributed by atoms with E-state index < -0.39 is 0 Å². The van der Waals surface area contributed by atoms with Gasteiger partial charge in [-0.15, -0.1) is 33.3 Å². The third-order valence-electron chi connectivity index (χ3n) is 4.76. The normalized spacial score (nSPS) is 15.9. The van der Waals surface area contributed by atoms with Crippen LogP contribution in [0.3, 0.4) is 0 Å². The number of thioether (sulfide) groups is 1. The van der Waals surface area contributed by atoms with E-state index in [0.29, 0.717) is 5.82 Å². The molecule has 0 aliphatic carbocycles. The van der Waals surface area contributed by atoms with E-state index in [2.05, 4.69) is 33.6 Å². The fourth-order valence-corrected chi connectivity index (χ4v) is 5.25. The molecule has 144 valence electrons. The first-order valence-electron chi connectivity index (χ1n) is 9.20. The molecule has 1 amide bonds. The number of fused-ring (bicyclic) bond motifs is 1. The highest BCUT2D eigenvalue weighted by Crippen LogP contribution is 2.43. The van der Waals surface area contributed by atoms with E-state index in [1.54, 1.807) is 23.1 Å². The molecule has 1 aliphatic rings. The van der Waals surface area contributed by atoms with Gasteiger partial charge in [-0.3, -0.25) is 4.79 Å². The summed E-state index contributed by atoms with van der Waals surface area (Å²) in [7, 11) is 0. The van der Waals surface area contributed by atoms with Gasteiger partial charge in [0.2, 0.25) is 5.82 Å².